The minimum Gasteiger partial charge on any atom is -0.467 e. The van der Waals surface area contributed by atoms with Crippen LogP contribution in [0.1, 0.15) is 53.9 Å². The van der Waals surface area contributed by atoms with E-state index in [0.717, 1.165) is 0 Å². The molecular formula is C20H42O6Si2. The third-order valence-electron chi connectivity index (χ3n) is 7.25. The first kappa shape index (κ1) is 25.8. The molecule has 0 aromatic heterocycles. The summed E-state index contributed by atoms with van der Waals surface area (Å²) in [5.74, 6) is -1.06. The van der Waals surface area contributed by atoms with Crippen molar-refractivity contribution in [1.29, 1.82) is 0 Å². The van der Waals surface area contributed by atoms with Crippen LogP contribution in [0.4, 0.5) is 0 Å². The molecule has 0 heterocycles. The van der Waals surface area contributed by atoms with E-state index in [0.29, 0.717) is 6.42 Å². The van der Waals surface area contributed by atoms with Crippen LogP contribution in [0.15, 0.2) is 0 Å². The van der Waals surface area contributed by atoms with Gasteiger partial charge in [0.2, 0.25) is 0 Å². The molecule has 1 rings (SSSR count). The van der Waals surface area contributed by atoms with Crippen LogP contribution in [-0.4, -0.2) is 62.5 Å². The van der Waals surface area contributed by atoms with E-state index >= 15 is 0 Å². The summed E-state index contributed by atoms with van der Waals surface area (Å²) < 4.78 is 11.3. The van der Waals surface area contributed by atoms with Crippen molar-refractivity contribution < 1.29 is 29.0 Å². The predicted octanol–water partition coefficient (Wildman–Crippen LogP) is 3.42. The lowest BCUT2D eigenvalue weighted by molar-refractivity contribution is -0.181. The minimum atomic E-state index is -2.52. The Hall–Kier alpha value is -0.256. The molecule has 1 aliphatic carbocycles. The van der Waals surface area contributed by atoms with Crippen molar-refractivity contribution in [2.45, 2.75) is 108 Å². The quantitative estimate of drug-likeness (QED) is 0.438. The second kappa shape index (κ2) is 8.11. The highest BCUT2D eigenvalue weighted by atomic mass is 28.4. The molecule has 0 spiro atoms. The highest BCUT2D eigenvalue weighted by Crippen LogP contribution is 2.48. The molecule has 0 radical (unpaired) electrons. The first-order valence-corrected chi connectivity index (χ1v) is 16.0. The summed E-state index contributed by atoms with van der Waals surface area (Å²) in [6.07, 6.45) is -0.839. The lowest BCUT2D eigenvalue weighted by Crippen LogP contribution is -2.59. The van der Waals surface area contributed by atoms with Crippen molar-refractivity contribution in [1.82, 2.24) is 0 Å². The van der Waals surface area contributed by atoms with Gasteiger partial charge in [-0.1, -0.05) is 34.6 Å². The molecule has 0 aromatic carbocycles. The first-order chi connectivity index (χ1) is 12.3. The average Bonchev–Trinajstić information content (AvgIpc) is 2.48. The largest absolute Gasteiger partial charge is 0.467 e. The number of hydrogen-bond donors (Lipinski definition) is 3. The highest BCUT2D eigenvalue weighted by molar-refractivity contribution is 6.74. The van der Waals surface area contributed by atoms with Crippen LogP contribution in [-0.2, 0) is 14.0 Å². The Labute approximate surface area is 172 Å². The standard InChI is InChI=1S/C20H42O6Si2/c1-18(2,3)28(9,10)26-15-13-20(23,17(22)25-6)12-14(16(15)21)11-19(4,5)27(7,8)24/h14-16,21,23-24H,11-13H2,1-10H3/t14-,15-,16-,20+/m1/s1. The molecule has 0 unspecified atom stereocenters. The Bertz CT molecular complexity index is 524. The third-order valence-corrected chi connectivity index (χ3v) is 15.3. The summed E-state index contributed by atoms with van der Waals surface area (Å²) in [5, 5.41) is 21.8. The van der Waals surface area contributed by atoms with Gasteiger partial charge in [-0.3, -0.25) is 0 Å². The number of esters is 1. The van der Waals surface area contributed by atoms with Crippen LogP contribution in [0.2, 0.25) is 36.3 Å². The SMILES string of the molecule is COC(=O)[C@]1(O)C[C@@H](CC(C)(C)[Si](C)(C)O)[C@@H](O)[C@H](O[Si](C)(C)C(C)(C)C)C1. The van der Waals surface area contributed by atoms with Gasteiger partial charge in [-0.2, -0.15) is 0 Å². The summed E-state index contributed by atoms with van der Waals surface area (Å²) in [5.41, 5.74) is -1.69. The van der Waals surface area contributed by atoms with Crippen LogP contribution in [0.25, 0.3) is 0 Å². The molecule has 4 atom stereocenters. The molecule has 166 valence electrons. The van der Waals surface area contributed by atoms with Gasteiger partial charge in [0, 0.05) is 6.42 Å². The molecule has 1 aliphatic rings. The molecule has 28 heavy (non-hydrogen) atoms. The van der Waals surface area contributed by atoms with Gasteiger partial charge in [0.1, 0.15) is 0 Å². The second-order valence-corrected chi connectivity index (χ2v) is 20.5. The molecule has 0 saturated heterocycles. The fourth-order valence-corrected chi connectivity index (χ4v) is 5.61. The van der Waals surface area contributed by atoms with Crippen molar-refractivity contribution >= 4 is 22.6 Å². The van der Waals surface area contributed by atoms with Gasteiger partial charge in [0.15, 0.2) is 22.2 Å². The molecule has 0 amide bonds. The monoisotopic (exact) mass is 434 g/mol. The first-order valence-electron chi connectivity index (χ1n) is 10.2. The van der Waals surface area contributed by atoms with Gasteiger partial charge in [-0.25, -0.2) is 4.79 Å². The van der Waals surface area contributed by atoms with Crippen LogP contribution in [0, 0.1) is 5.92 Å². The lowest BCUT2D eigenvalue weighted by atomic mass is 9.72. The van der Waals surface area contributed by atoms with Gasteiger partial charge in [-0.05, 0) is 55.0 Å². The smallest absolute Gasteiger partial charge is 0.337 e. The molecule has 0 bridgehead atoms. The Balaban J connectivity index is 3.25. The molecule has 8 heteroatoms. The van der Waals surface area contributed by atoms with Crippen LogP contribution < -0.4 is 0 Å². The van der Waals surface area contributed by atoms with Crippen molar-refractivity contribution in [2.24, 2.45) is 5.92 Å². The van der Waals surface area contributed by atoms with Crippen LogP contribution >= 0.6 is 0 Å². The van der Waals surface area contributed by atoms with Crippen molar-refractivity contribution in [3.8, 4) is 0 Å². The van der Waals surface area contributed by atoms with E-state index < -0.39 is 45.5 Å². The number of aliphatic hydroxyl groups excluding tert-OH is 1. The van der Waals surface area contributed by atoms with Gasteiger partial charge in [0.25, 0.3) is 0 Å². The summed E-state index contributed by atoms with van der Waals surface area (Å²) >= 11 is 0. The number of rotatable bonds is 6. The zero-order valence-corrected chi connectivity index (χ0v) is 21.4. The van der Waals surface area contributed by atoms with Gasteiger partial charge in [0.05, 0.1) is 19.3 Å². The number of hydrogen-bond acceptors (Lipinski definition) is 6. The minimum absolute atomic E-state index is 0.0181. The lowest BCUT2D eigenvalue weighted by Gasteiger charge is -2.49. The molecular weight excluding hydrogens is 392 g/mol. The number of carbonyl (C=O) groups is 1. The normalized spacial score (nSPS) is 30.2. The summed E-state index contributed by atoms with van der Waals surface area (Å²) in [6, 6.07) is 0. The summed E-state index contributed by atoms with van der Waals surface area (Å²) in [4.78, 5) is 23.1. The Morgan fingerprint density at radius 2 is 1.61 bits per heavy atom. The van der Waals surface area contributed by atoms with Crippen LogP contribution in [0.5, 0.6) is 0 Å². The molecule has 0 aliphatic heterocycles. The van der Waals surface area contributed by atoms with Crippen LogP contribution in [0.3, 0.4) is 0 Å². The third kappa shape index (κ3) is 5.46. The van der Waals surface area contributed by atoms with Gasteiger partial charge >= 0.3 is 5.97 Å². The van der Waals surface area contributed by atoms with E-state index in [1.54, 1.807) is 0 Å². The fraction of sp³-hybridized carbons (Fsp3) is 0.950. The van der Waals surface area contributed by atoms with E-state index in [1.807, 2.05) is 26.9 Å². The Morgan fingerprint density at radius 3 is 2.00 bits per heavy atom. The van der Waals surface area contributed by atoms with E-state index in [9.17, 15) is 19.8 Å². The second-order valence-electron chi connectivity index (χ2n) is 11.2. The summed E-state index contributed by atoms with van der Waals surface area (Å²) in [7, 11) is -3.49. The Morgan fingerprint density at radius 1 is 1.11 bits per heavy atom. The maximum atomic E-state index is 12.4. The zero-order chi connectivity index (χ0) is 22.3. The predicted molar refractivity (Wildman–Crippen MR) is 116 cm³/mol. The van der Waals surface area contributed by atoms with E-state index in [-0.39, 0.29) is 23.8 Å². The number of ether oxygens (including phenoxy) is 1. The average molecular weight is 435 g/mol. The van der Waals surface area contributed by atoms with E-state index in [1.165, 1.54) is 7.11 Å². The molecule has 0 aromatic rings. The number of carbonyl (C=O) groups excluding carboxylic acids is 1. The van der Waals surface area contributed by atoms with Gasteiger partial charge in [-0.15, -0.1) is 0 Å². The molecule has 6 nitrogen and oxygen atoms in total. The molecule has 1 saturated carbocycles. The zero-order valence-electron chi connectivity index (χ0n) is 19.4. The van der Waals surface area contributed by atoms with Crippen molar-refractivity contribution in [2.75, 3.05) is 7.11 Å². The maximum Gasteiger partial charge on any atom is 0.337 e. The topological polar surface area (TPSA) is 96.2 Å². The molecule has 1 fully saturated rings. The summed E-state index contributed by atoms with van der Waals surface area (Å²) in [6.45, 7) is 18.2. The van der Waals surface area contributed by atoms with Crippen molar-refractivity contribution in [3.05, 3.63) is 0 Å². The highest BCUT2D eigenvalue weighted by Gasteiger charge is 2.54. The fourth-order valence-electron chi connectivity index (χ4n) is 3.52. The number of aliphatic hydroxyl groups is 2. The molecule has 3 N–H and O–H groups in total. The Kier molecular flexibility index (Phi) is 7.47. The maximum absolute atomic E-state index is 12.4. The number of methoxy groups -OCH3 is 1. The van der Waals surface area contributed by atoms with Gasteiger partial charge < -0.3 is 24.2 Å². The van der Waals surface area contributed by atoms with Crippen molar-refractivity contribution in [3.63, 3.8) is 0 Å². The van der Waals surface area contributed by atoms with E-state index in [4.69, 9.17) is 9.16 Å². The van der Waals surface area contributed by atoms with E-state index in [2.05, 4.69) is 33.9 Å².